The minimum absolute atomic E-state index is 0.236. The number of carbonyl (C=O) groups excluding carboxylic acids is 1. The highest BCUT2D eigenvalue weighted by molar-refractivity contribution is 5.75. The summed E-state index contributed by atoms with van der Waals surface area (Å²) in [7, 11) is 1.64. The third-order valence-corrected chi connectivity index (χ3v) is 4.05. The summed E-state index contributed by atoms with van der Waals surface area (Å²) in [6.45, 7) is 4.77. The van der Waals surface area contributed by atoms with Gasteiger partial charge in [-0.1, -0.05) is 12.1 Å². The van der Waals surface area contributed by atoms with Crippen molar-refractivity contribution in [3.8, 4) is 5.75 Å². The third-order valence-electron chi connectivity index (χ3n) is 4.05. The molecule has 1 amide bonds. The number of benzene rings is 1. The van der Waals surface area contributed by atoms with E-state index in [0.29, 0.717) is 13.0 Å². The Morgan fingerprint density at radius 3 is 2.50 bits per heavy atom. The molecule has 20 heavy (non-hydrogen) atoms. The molecule has 1 unspecified atom stereocenters. The van der Waals surface area contributed by atoms with Crippen molar-refractivity contribution in [1.82, 2.24) is 0 Å². The van der Waals surface area contributed by atoms with Crippen LogP contribution in [-0.2, 0) is 14.9 Å². The molecule has 1 fully saturated rings. The monoisotopic (exact) mass is 277 g/mol. The van der Waals surface area contributed by atoms with Gasteiger partial charge in [0.1, 0.15) is 5.75 Å². The van der Waals surface area contributed by atoms with E-state index in [9.17, 15) is 4.79 Å². The molecule has 0 aromatic heterocycles. The predicted molar refractivity (Wildman–Crippen MR) is 77.7 cm³/mol. The van der Waals surface area contributed by atoms with Crippen LogP contribution in [0.3, 0.4) is 0 Å². The number of methoxy groups -OCH3 is 1. The number of rotatable bonds is 4. The standard InChI is InChI=1S/C16H23NO3/c1-15(2)11-16(8-9-20-15,10-14(17)18)12-4-6-13(19-3)7-5-12/h4-7H,8-11H2,1-3H3,(H2,17,18). The van der Waals surface area contributed by atoms with Crippen molar-refractivity contribution < 1.29 is 14.3 Å². The largest absolute Gasteiger partial charge is 0.497 e. The Labute approximate surface area is 120 Å². The molecule has 0 saturated carbocycles. The minimum Gasteiger partial charge on any atom is -0.497 e. The van der Waals surface area contributed by atoms with Crippen molar-refractivity contribution in [3.05, 3.63) is 29.8 Å². The fraction of sp³-hybridized carbons (Fsp3) is 0.562. The first-order valence-electron chi connectivity index (χ1n) is 6.94. The molecule has 110 valence electrons. The van der Waals surface area contributed by atoms with Crippen molar-refractivity contribution >= 4 is 5.91 Å². The number of primary amides is 1. The van der Waals surface area contributed by atoms with Gasteiger partial charge < -0.3 is 15.2 Å². The molecule has 0 radical (unpaired) electrons. The van der Waals surface area contributed by atoms with Gasteiger partial charge in [0.05, 0.1) is 12.7 Å². The summed E-state index contributed by atoms with van der Waals surface area (Å²) in [5.41, 5.74) is 6.14. The van der Waals surface area contributed by atoms with Gasteiger partial charge in [0.2, 0.25) is 5.91 Å². The van der Waals surface area contributed by atoms with Crippen LogP contribution in [0, 0.1) is 0 Å². The molecule has 0 spiro atoms. The molecule has 1 aromatic rings. The Kier molecular flexibility index (Phi) is 4.04. The van der Waals surface area contributed by atoms with E-state index in [1.165, 1.54) is 0 Å². The average Bonchev–Trinajstić information content (AvgIpc) is 2.37. The maximum atomic E-state index is 11.5. The molecular weight excluding hydrogens is 254 g/mol. The lowest BCUT2D eigenvalue weighted by atomic mass is 9.67. The molecule has 1 atom stereocenters. The summed E-state index contributed by atoms with van der Waals surface area (Å²) < 4.78 is 11.0. The first-order chi connectivity index (χ1) is 9.37. The number of amides is 1. The van der Waals surface area contributed by atoms with Crippen LogP contribution >= 0.6 is 0 Å². The van der Waals surface area contributed by atoms with Crippen LogP contribution in [0.5, 0.6) is 5.75 Å². The Bertz CT molecular complexity index is 481. The van der Waals surface area contributed by atoms with E-state index < -0.39 is 0 Å². The van der Waals surface area contributed by atoms with Crippen LogP contribution in [-0.4, -0.2) is 25.2 Å². The van der Waals surface area contributed by atoms with E-state index in [4.69, 9.17) is 15.2 Å². The van der Waals surface area contributed by atoms with E-state index >= 15 is 0 Å². The van der Waals surface area contributed by atoms with Gasteiger partial charge in [0, 0.05) is 18.4 Å². The molecule has 2 rings (SSSR count). The summed E-state index contributed by atoms with van der Waals surface area (Å²) >= 11 is 0. The second-order valence-electron chi connectivity index (χ2n) is 6.19. The highest BCUT2D eigenvalue weighted by Gasteiger charge is 2.43. The van der Waals surface area contributed by atoms with Crippen LogP contribution in [0.4, 0.5) is 0 Å². The molecule has 0 aliphatic carbocycles. The first kappa shape index (κ1) is 14.9. The smallest absolute Gasteiger partial charge is 0.218 e. The predicted octanol–water partition coefficient (Wildman–Crippen LogP) is 2.40. The van der Waals surface area contributed by atoms with Crippen LogP contribution < -0.4 is 10.5 Å². The zero-order valence-corrected chi connectivity index (χ0v) is 12.4. The van der Waals surface area contributed by atoms with Crippen molar-refractivity contribution in [1.29, 1.82) is 0 Å². The molecule has 4 nitrogen and oxygen atoms in total. The summed E-state index contributed by atoms with van der Waals surface area (Å²) in [6, 6.07) is 7.92. The average molecular weight is 277 g/mol. The quantitative estimate of drug-likeness (QED) is 0.919. The maximum Gasteiger partial charge on any atom is 0.218 e. The van der Waals surface area contributed by atoms with Gasteiger partial charge >= 0.3 is 0 Å². The molecule has 1 aromatic carbocycles. The van der Waals surface area contributed by atoms with E-state index in [2.05, 4.69) is 13.8 Å². The van der Waals surface area contributed by atoms with Gasteiger partial charge in [0.15, 0.2) is 0 Å². The topological polar surface area (TPSA) is 61.5 Å². The highest BCUT2D eigenvalue weighted by Crippen LogP contribution is 2.44. The minimum atomic E-state index is -0.265. The molecular formula is C16H23NO3. The van der Waals surface area contributed by atoms with Gasteiger partial charge in [-0.05, 0) is 44.4 Å². The lowest BCUT2D eigenvalue weighted by Crippen LogP contribution is -2.46. The molecule has 1 saturated heterocycles. The number of ether oxygens (including phenoxy) is 2. The van der Waals surface area contributed by atoms with Crippen LogP contribution in [0.25, 0.3) is 0 Å². The van der Waals surface area contributed by atoms with Crippen molar-refractivity contribution in [2.24, 2.45) is 5.73 Å². The Hall–Kier alpha value is -1.55. The molecule has 2 N–H and O–H groups in total. The van der Waals surface area contributed by atoms with Gasteiger partial charge in [-0.25, -0.2) is 0 Å². The van der Waals surface area contributed by atoms with Crippen molar-refractivity contribution in [3.63, 3.8) is 0 Å². The highest BCUT2D eigenvalue weighted by atomic mass is 16.5. The summed E-state index contributed by atoms with van der Waals surface area (Å²) in [6.07, 6.45) is 1.95. The zero-order chi connectivity index (χ0) is 14.8. The maximum absolute atomic E-state index is 11.5. The Morgan fingerprint density at radius 1 is 1.35 bits per heavy atom. The van der Waals surface area contributed by atoms with Gasteiger partial charge in [-0.2, -0.15) is 0 Å². The van der Waals surface area contributed by atoms with Crippen LogP contribution in [0.1, 0.15) is 38.7 Å². The van der Waals surface area contributed by atoms with Gasteiger partial charge in [0.25, 0.3) is 0 Å². The third kappa shape index (κ3) is 3.12. The van der Waals surface area contributed by atoms with Crippen molar-refractivity contribution in [2.45, 2.75) is 44.1 Å². The van der Waals surface area contributed by atoms with E-state index in [-0.39, 0.29) is 16.9 Å². The first-order valence-corrected chi connectivity index (χ1v) is 6.94. The lowest BCUT2D eigenvalue weighted by Gasteiger charge is -2.45. The number of hydrogen-bond donors (Lipinski definition) is 1. The Balaban J connectivity index is 2.37. The van der Waals surface area contributed by atoms with Crippen molar-refractivity contribution in [2.75, 3.05) is 13.7 Å². The number of carbonyl (C=O) groups is 1. The van der Waals surface area contributed by atoms with Gasteiger partial charge in [-0.15, -0.1) is 0 Å². The number of nitrogens with two attached hydrogens (primary N) is 1. The van der Waals surface area contributed by atoms with Gasteiger partial charge in [-0.3, -0.25) is 4.79 Å². The zero-order valence-electron chi connectivity index (χ0n) is 12.4. The van der Waals surface area contributed by atoms with Crippen LogP contribution in [0.2, 0.25) is 0 Å². The normalized spacial score (nSPS) is 25.1. The molecule has 4 heteroatoms. The summed E-state index contributed by atoms with van der Waals surface area (Å²) in [5, 5.41) is 0. The second kappa shape index (κ2) is 5.44. The second-order valence-corrected chi connectivity index (χ2v) is 6.19. The van der Waals surface area contributed by atoms with E-state index in [1.807, 2.05) is 24.3 Å². The fourth-order valence-corrected chi connectivity index (χ4v) is 3.25. The molecule has 1 aliphatic heterocycles. The van der Waals surface area contributed by atoms with E-state index in [1.54, 1.807) is 7.11 Å². The summed E-state index contributed by atoms with van der Waals surface area (Å²) in [5.74, 6) is 0.549. The SMILES string of the molecule is COc1ccc(C2(CC(N)=O)CCOC(C)(C)C2)cc1. The fourth-order valence-electron chi connectivity index (χ4n) is 3.25. The lowest BCUT2D eigenvalue weighted by molar-refractivity contribution is -0.123. The van der Waals surface area contributed by atoms with E-state index in [0.717, 1.165) is 24.2 Å². The molecule has 0 bridgehead atoms. The summed E-state index contributed by atoms with van der Waals surface area (Å²) in [4.78, 5) is 11.5. The Morgan fingerprint density at radius 2 is 2.00 bits per heavy atom. The number of hydrogen-bond acceptors (Lipinski definition) is 3. The van der Waals surface area contributed by atoms with Crippen LogP contribution in [0.15, 0.2) is 24.3 Å². The molecule has 1 aliphatic rings. The molecule has 1 heterocycles.